The second-order valence-corrected chi connectivity index (χ2v) is 3.61. The molecule has 1 atom stereocenters. The lowest BCUT2D eigenvalue weighted by Gasteiger charge is -2.22. The van der Waals surface area contributed by atoms with E-state index in [2.05, 4.69) is 10.1 Å². The fraction of sp³-hybridized carbons (Fsp3) is 0.545. The van der Waals surface area contributed by atoms with Gasteiger partial charge in [-0.1, -0.05) is 0 Å². The van der Waals surface area contributed by atoms with Crippen molar-refractivity contribution in [2.75, 3.05) is 13.2 Å². The zero-order valence-corrected chi connectivity index (χ0v) is 9.97. The molecule has 1 amide bonds. The molecular weight excluding hydrogens is 242 g/mol. The number of carboxylic acid groups (broad SMARTS) is 1. The topological polar surface area (TPSA) is 102 Å². The summed E-state index contributed by atoms with van der Waals surface area (Å²) in [7, 11) is 0. The Balaban J connectivity index is 2.39. The molecule has 1 heterocycles. The van der Waals surface area contributed by atoms with Crippen LogP contribution in [-0.4, -0.2) is 42.4 Å². The van der Waals surface area contributed by atoms with Crippen LogP contribution < -0.4 is 5.32 Å². The van der Waals surface area contributed by atoms with Crippen LogP contribution in [0.4, 0.5) is 0 Å². The lowest BCUT2D eigenvalue weighted by Crippen LogP contribution is -2.40. The molecule has 1 aliphatic heterocycles. The van der Waals surface area contributed by atoms with Gasteiger partial charge in [-0.25, -0.2) is 4.79 Å². The molecule has 0 aromatic heterocycles. The number of nitrogens with one attached hydrogen (secondary N) is 1. The third-order valence-corrected chi connectivity index (χ3v) is 2.24. The van der Waals surface area contributed by atoms with Gasteiger partial charge < -0.3 is 19.9 Å². The normalized spacial score (nSPS) is 18.7. The Bertz CT molecular complexity index is 376. The number of hydrogen-bond acceptors (Lipinski definition) is 5. The molecule has 1 unspecified atom stereocenters. The van der Waals surface area contributed by atoms with E-state index in [4.69, 9.17) is 9.84 Å². The van der Waals surface area contributed by atoms with Gasteiger partial charge in [0.25, 0.3) is 0 Å². The Kier molecular flexibility index (Phi) is 5.31. The minimum atomic E-state index is -1.04. The molecule has 0 bridgehead atoms. The van der Waals surface area contributed by atoms with E-state index in [1.165, 1.54) is 6.08 Å². The highest BCUT2D eigenvalue weighted by atomic mass is 16.5. The standard InChI is InChI=1S/C11H15NO6/c1-2-17-10(14)6-8(13)12-9-5-7(11(15)16)3-4-18-9/h3,9H,2,4-6H2,1H3,(H,12,13)(H,15,16). The molecule has 1 rings (SSSR count). The molecule has 18 heavy (non-hydrogen) atoms. The summed E-state index contributed by atoms with van der Waals surface area (Å²) in [5.41, 5.74) is 0.183. The van der Waals surface area contributed by atoms with Crippen LogP contribution in [0.15, 0.2) is 11.6 Å². The molecule has 7 nitrogen and oxygen atoms in total. The minimum Gasteiger partial charge on any atom is -0.478 e. The summed E-state index contributed by atoms with van der Waals surface area (Å²) in [5.74, 6) is -2.21. The SMILES string of the molecule is CCOC(=O)CC(=O)NC1CC(C(=O)O)=CCO1. The van der Waals surface area contributed by atoms with Crippen LogP contribution in [0.1, 0.15) is 19.8 Å². The van der Waals surface area contributed by atoms with E-state index in [9.17, 15) is 14.4 Å². The number of carboxylic acids is 1. The van der Waals surface area contributed by atoms with Gasteiger partial charge in [0, 0.05) is 12.0 Å². The predicted molar refractivity (Wildman–Crippen MR) is 59.5 cm³/mol. The molecule has 0 spiro atoms. The zero-order chi connectivity index (χ0) is 13.5. The van der Waals surface area contributed by atoms with Gasteiger partial charge in [-0.2, -0.15) is 0 Å². The summed E-state index contributed by atoms with van der Waals surface area (Å²) in [6.07, 6.45) is 0.392. The van der Waals surface area contributed by atoms with E-state index >= 15 is 0 Å². The van der Waals surface area contributed by atoms with Crippen LogP contribution in [0, 0.1) is 0 Å². The predicted octanol–water partition coefficient (Wildman–Crippen LogP) is -0.187. The fourth-order valence-electron chi connectivity index (χ4n) is 1.45. The first-order valence-corrected chi connectivity index (χ1v) is 5.51. The minimum absolute atomic E-state index is 0.0733. The Morgan fingerprint density at radius 3 is 2.89 bits per heavy atom. The molecule has 1 aliphatic rings. The summed E-state index contributed by atoms with van der Waals surface area (Å²) in [6.45, 7) is 1.97. The first kappa shape index (κ1) is 14.2. The number of amides is 1. The largest absolute Gasteiger partial charge is 0.478 e. The average Bonchev–Trinajstić information content (AvgIpc) is 2.29. The third-order valence-electron chi connectivity index (χ3n) is 2.24. The summed E-state index contributed by atoms with van der Waals surface area (Å²) in [4.78, 5) is 33.2. The maximum absolute atomic E-state index is 11.4. The van der Waals surface area contributed by atoms with Crippen molar-refractivity contribution in [1.29, 1.82) is 0 Å². The molecule has 0 saturated heterocycles. The van der Waals surface area contributed by atoms with Crippen molar-refractivity contribution in [3.05, 3.63) is 11.6 Å². The van der Waals surface area contributed by atoms with Crippen LogP contribution in [0.3, 0.4) is 0 Å². The van der Waals surface area contributed by atoms with Crippen molar-refractivity contribution in [1.82, 2.24) is 5.32 Å². The Morgan fingerprint density at radius 2 is 2.28 bits per heavy atom. The number of carbonyl (C=O) groups excluding carboxylic acids is 2. The number of rotatable bonds is 5. The summed E-state index contributed by atoms with van der Waals surface area (Å²) < 4.78 is 9.76. The molecule has 0 radical (unpaired) electrons. The van der Waals surface area contributed by atoms with Gasteiger partial charge in [0.1, 0.15) is 12.6 Å². The lowest BCUT2D eigenvalue weighted by atomic mass is 10.1. The maximum Gasteiger partial charge on any atom is 0.331 e. The van der Waals surface area contributed by atoms with E-state index in [-0.39, 0.29) is 25.2 Å². The molecule has 7 heteroatoms. The first-order valence-electron chi connectivity index (χ1n) is 5.51. The second-order valence-electron chi connectivity index (χ2n) is 3.61. The number of hydrogen-bond donors (Lipinski definition) is 2. The van der Waals surface area contributed by atoms with Crippen molar-refractivity contribution in [3.63, 3.8) is 0 Å². The van der Waals surface area contributed by atoms with Crippen LogP contribution in [0.25, 0.3) is 0 Å². The van der Waals surface area contributed by atoms with Crippen LogP contribution in [0.2, 0.25) is 0 Å². The summed E-state index contributed by atoms with van der Waals surface area (Å²) in [6, 6.07) is 0. The third kappa shape index (κ3) is 4.54. The molecular formula is C11H15NO6. The molecule has 0 fully saturated rings. The van der Waals surface area contributed by atoms with Crippen LogP contribution in [0.5, 0.6) is 0 Å². The number of aliphatic carboxylic acids is 1. The molecule has 100 valence electrons. The van der Waals surface area contributed by atoms with Crippen molar-refractivity contribution in [2.24, 2.45) is 0 Å². The number of esters is 1. The monoisotopic (exact) mass is 257 g/mol. The number of carbonyl (C=O) groups is 3. The molecule has 0 saturated carbocycles. The molecule has 2 N–H and O–H groups in total. The smallest absolute Gasteiger partial charge is 0.331 e. The van der Waals surface area contributed by atoms with E-state index in [0.29, 0.717) is 0 Å². The van der Waals surface area contributed by atoms with Gasteiger partial charge in [0.2, 0.25) is 5.91 Å². The Morgan fingerprint density at radius 1 is 1.56 bits per heavy atom. The molecule has 0 aromatic rings. The summed E-state index contributed by atoms with van der Waals surface area (Å²) in [5, 5.41) is 11.2. The Hall–Kier alpha value is -1.89. The van der Waals surface area contributed by atoms with Gasteiger partial charge >= 0.3 is 11.9 Å². The van der Waals surface area contributed by atoms with Crippen molar-refractivity contribution in [2.45, 2.75) is 26.0 Å². The van der Waals surface area contributed by atoms with Crippen molar-refractivity contribution < 1.29 is 29.0 Å². The molecule has 0 aromatic carbocycles. The maximum atomic E-state index is 11.4. The average molecular weight is 257 g/mol. The van der Waals surface area contributed by atoms with Crippen LogP contribution >= 0.6 is 0 Å². The number of ether oxygens (including phenoxy) is 2. The van der Waals surface area contributed by atoms with Crippen LogP contribution in [-0.2, 0) is 23.9 Å². The first-order chi connectivity index (χ1) is 8.52. The summed E-state index contributed by atoms with van der Waals surface area (Å²) >= 11 is 0. The van der Waals surface area contributed by atoms with E-state index in [1.807, 2.05) is 0 Å². The molecule has 0 aliphatic carbocycles. The highest BCUT2D eigenvalue weighted by Gasteiger charge is 2.22. The quantitative estimate of drug-likeness (QED) is 0.523. The lowest BCUT2D eigenvalue weighted by molar-refractivity contribution is -0.147. The fourth-order valence-corrected chi connectivity index (χ4v) is 1.45. The van der Waals surface area contributed by atoms with E-state index in [1.54, 1.807) is 6.92 Å². The van der Waals surface area contributed by atoms with Gasteiger partial charge in [0.05, 0.1) is 13.2 Å². The van der Waals surface area contributed by atoms with Gasteiger partial charge in [-0.15, -0.1) is 0 Å². The van der Waals surface area contributed by atoms with E-state index < -0.39 is 30.5 Å². The van der Waals surface area contributed by atoms with Gasteiger partial charge in [0.15, 0.2) is 0 Å². The zero-order valence-electron chi connectivity index (χ0n) is 9.97. The second kappa shape index (κ2) is 6.75. The van der Waals surface area contributed by atoms with Gasteiger partial charge in [-0.05, 0) is 13.0 Å². The van der Waals surface area contributed by atoms with Crippen molar-refractivity contribution >= 4 is 17.8 Å². The highest BCUT2D eigenvalue weighted by Crippen LogP contribution is 2.13. The highest BCUT2D eigenvalue weighted by molar-refractivity contribution is 5.94. The van der Waals surface area contributed by atoms with Gasteiger partial charge in [-0.3, -0.25) is 9.59 Å². The van der Waals surface area contributed by atoms with E-state index in [0.717, 1.165) is 0 Å². The Labute approximate surface area is 104 Å². The van der Waals surface area contributed by atoms with Crippen molar-refractivity contribution in [3.8, 4) is 0 Å².